The fraction of sp³-hybridized carbons (Fsp3) is 0.292. The van der Waals surface area contributed by atoms with E-state index in [2.05, 4.69) is 0 Å². The third-order valence-corrected chi connectivity index (χ3v) is 5.61. The maximum absolute atomic E-state index is 12.1. The van der Waals surface area contributed by atoms with Gasteiger partial charge in [0.1, 0.15) is 5.75 Å². The Morgan fingerprint density at radius 3 is 2.12 bits per heavy atom. The molecule has 8 heteroatoms. The molecule has 0 spiro atoms. The molecule has 2 unspecified atom stereocenters. The molecule has 0 aliphatic carbocycles. The zero-order valence-corrected chi connectivity index (χ0v) is 17.7. The maximum Gasteiger partial charge on any atom is 0.330 e. The monoisotopic (exact) mass is 438 g/mol. The van der Waals surface area contributed by atoms with Crippen molar-refractivity contribution in [3.8, 4) is 16.9 Å². The second kappa shape index (κ2) is 10.1. The number of carbonyl (C=O) groups is 1. The number of benzene rings is 2. The van der Waals surface area contributed by atoms with E-state index in [-0.39, 0.29) is 25.1 Å². The molecule has 0 saturated heterocycles. The van der Waals surface area contributed by atoms with Crippen molar-refractivity contribution >= 4 is 5.97 Å². The van der Waals surface area contributed by atoms with Crippen LogP contribution in [0.5, 0.6) is 5.75 Å². The first kappa shape index (κ1) is 23.0. The highest BCUT2D eigenvalue weighted by atomic mass is 16.4. The van der Waals surface area contributed by atoms with Gasteiger partial charge in [0.15, 0.2) is 0 Å². The molecule has 2 aromatic carbocycles. The lowest BCUT2D eigenvalue weighted by atomic mass is 9.93. The van der Waals surface area contributed by atoms with Gasteiger partial charge in [-0.15, -0.1) is 0 Å². The molecule has 0 saturated carbocycles. The van der Waals surface area contributed by atoms with Crippen LogP contribution in [0.15, 0.2) is 70.4 Å². The van der Waals surface area contributed by atoms with E-state index < -0.39 is 29.2 Å². The molecular formula is C24H26N2O6. The Morgan fingerprint density at radius 2 is 1.53 bits per heavy atom. The molecule has 3 rings (SSSR count). The van der Waals surface area contributed by atoms with Gasteiger partial charge in [0.2, 0.25) is 0 Å². The Bertz CT molecular complexity index is 1180. The number of carboxylic acid groups (broad SMARTS) is 1. The molecule has 0 fully saturated rings. The van der Waals surface area contributed by atoms with E-state index in [1.807, 2.05) is 36.4 Å². The lowest BCUT2D eigenvalue weighted by Crippen LogP contribution is -2.38. The fourth-order valence-electron chi connectivity index (χ4n) is 3.58. The third kappa shape index (κ3) is 5.53. The van der Waals surface area contributed by atoms with Crippen molar-refractivity contribution in [1.29, 1.82) is 0 Å². The predicted octanol–water partition coefficient (Wildman–Crippen LogP) is 2.00. The number of hydrogen-bond donors (Lipinski definition) is 3. The summed E-state index contributed by atoms with van der Waals surface area (Å²) in [6.45, 7) is 0.0856. The van der Waals surface area contributed by atoms with Gasteiger partial charge in [0, 0.05) is 25.9 Å². The van der Waals surface area contributed by atoms with E-state index in [0.717, 1.165) is 21.3 Å². The lowest BCUT2D eigenvalue weighted by Gasteiger charge is -2.20. The van der Waals surface area contributed by atoms with E-state index in [9.17, 15) is 29.7 Å². The summed E-state index contributed by atoms with van der Waals surface area (Å²) in [5.41, 5.74) is 1.96. The number of carboxylic acids is 1. The summed E-state index contributed by atoms with van der Waals surface area (Å²) in [5.74, 6) is -1.96. The first-order valence-electron chi connectivity index (χ1n) is 10.3. The Morgan fingerprint density at radius 1 is 0.938 bits per heavy atom. The number of hydrogen-bond acceptors (Lipinski definition) is 5. The number of rotatable bonds is 9. The Kier molecular flexibility index (Phi) is 7.27. The van der Waals surface area contributed by atoms with E-state index in [0.29, 0.717) is 6.42 Å². The molecule has 0 radical (unpaired) electrons. The summed E-state index contributed by atoms with van der Waals surface area (Å²) < 4.78 is 2.22. The molecule has 0 aliphatic heterocycles. The van der Waals surface area contributed by atoms with Crippen molar-refractivity contribution < 1.29 is 20.1 Å². The lowest BCUT2D eigenvalue weighted by molar-refractivity contribution is -0.146. The summed E-state index contributed by atoms with van der Waals surface area (Å²) in [5, 5.41) is 29.4. The van der Waals surface area contributed by atoms with Crippen LogP contribution in [-0.2, 0) is 24.8 Å². The van der Waals surface area contributed by atoms with Gasteiger partial charge in [-0.05, 0) is 48.1 Å². The van der Waals surface area contributed by atoms with Crippen LogP contribution in [0.4, 0.5) is 0 Å². The van der Waals surface area contributed by atoms with Gasteiger partial charge < -0.3 is 19.9 Å². The third-order valence-electron chi connectivity index (χ3n) is 5.61. The number of aliphatic carboxylic acids is 1. The number of phenolic OH excluding ortho intramolecular Hbond substituents is 1. The molecule has 2 atom stereocenters. The highest BCUT2D eigenvalue weighted by Gasteiger charge is 2.26. The Balaban J connectivity index is 1.60. The Hall–Kier alpha value is -3.65. The SMILES string of the molecule is Cn1c(=O)ccn(CCC(C(=O)O)C(O)CCc2ccc(-c3ccc(O)cc3)cc2)c1=O. The van der Waals surface area contributed by atoms with Crippen LogP contribution < -0.4 is 11.2 Å². The maximum atomic E-state index is 12.1. The molecule has 3 N–H and O–H groups in total. The van der Waals surface area contributed by atoms with Gasteiger partial charge in [-0.3, -0.25) is 14.2 Å². The number of aromatic hydroxyl groups is 1. The number of aryl methyl sites for hydroxylation is 2. The second-order valence-electron chi connectivity index (χ2n) is 7.77. The van der Waals surface area contributed by atoms with Crippen LogP contribution in [0.3, 0.4) is 0 Å². The molecule has 168 valence electrons. The van der Waals surface area contributed by atoms with E-state index in [1.54, 1.807) is 12.1 Å². The number of aliphatic hydroxyl groups is 1. The van der Waals surface area contributed by atoms with E-state index in [1.165, 1.54) is 23.9 Å². The zero-order chi connectivity index (χ0) is 23.3. The van der Waals surface area contributed by atoms with Crippen LogP contribution in [-0.4, -0.2) is 36.5 Å². The van der Waals surface area contributed by atoms with Crippen molar-refractivity contribution in [1.82, 2.24) is 9.13 Å². The molecule has 1 heterocycles. The minimum atomic E-state index is -1.13. The smallest absolute Gasteiger partial charge is 0.330 e. The fourth-order valence-corrected chi connectivity index (χ4v) is 3.58. The first-order chi connectivity index (χ1) is 15.3. The summed E-state index contributed by atoms with van der Waals surface area (Å²) in [6.07, 6.45) is 1.09. The second-order valence-corrected chi connectivity index (χ2v) is 7.77. The van der Waals surface area contributed by atoms with Crippen molar-refractivity contribution in [3.63, 3.8) is 0 Å². The molecule has 32 heavy (non-hydrogen) atoms. The Labute approximate surface area is 184 Å². The van der Waals surface area contributed by atoms with E-state index >= 15 is 0 Å². The predicted molar refractivity (Wildman–Crippen MR) is 120 cm³/mol. The standard InChI is InChI=1S/C24H26N2O6/c1-25-22(29)13-15-26(24(25)32)14-12-20(23(30)31)21(28)11-4-16-2-5-17(6-3-16)18-7-9-19(27)10-8-18/h2-3,5-10,13,15,20-21,27-28H,4,11-12,14H2,1H3,(H,30,31). The molecule has 0 amide bonds. The van der Waals surface area contributed by atoms with Crippen LogP contribution >= 0.6 is 0 Å². The van der Waals surface area contributed by atoms with Gasteiger partial charge in [0.25, 0.3) is 5.56 Å². The van der Waals surface area contributed by atoms with Crippen LogP contribution in [0.25, 0.3) is 11.1 Å². The minimum absolute atomic E-state index is 0.0639. The first-order valence-corrected chi connectivity index (χ1v) is 10.3. The summed E-state index contributed by atoms with van der Waals surface area (Å²) >= 11 is 0. The van der Waals surface area contributed by atoms with Crippen LogP contribution in [0.1, 0.15) is 18.4 Å². The summed E-state index contributed by atoms with van der Waals surface area (Å²) in [4.78, 5) is 35.3. The topological polar surface area (TPSA) is 122 Å². The van der Waals surface area contributed by atoms with Crippen molar-refractivity contribution in [2.45, 2.75) is 31.9 Å². The van der Waals surface area contributed by atoms with Crippen LogP contribution in [0, 0.1) is 5.92 Å². The average molecular weight is 438 g/mol. The molecule has 1 aromatic heterocycles. The van der Waals surface area contributed by atoms with Crippen LogP contribution in [0.2, 0.25) is 0 Å². The number of nitrogens with zero attached hydrogens (tertiary/aromatic N) is 2. The largest absolute Gasteiger partial charge is 0.508 e. The van der Waals surface area contributed by atoms with Gasteiger partial charge in [-0.2, -0.15) is 0 Å². The van der Waals surface area contributed by atoms with Gasteiger partial charge in [-0.25, -0.2) is 4.79 Å². The number of phenols is 1. The normalized spacial score (nSPS) is 12.9. The molecule has 3 aromatic rings. The molecule has 0 aliphatic rings. The van der Waals surface area contributed by atoms with Crippen molar-refractivity contribution in [2.75, 3.05) is 0 Å². The van der Waals surface area contributed by atoms with Crippen molar-refractivity contribution in [2.24, 2.45) is 13.0 Å². The summed E-state index contributed by atoms with van der Waals surface area (Å²) in [7, 11) is 1.36. The zero-order valence-electron chi connectivity index (χ0n) is 17.7. The quantitative estimate of drug-likeness (QED) is 0.470. The molecule has 8 nitrogen and oxygen atoms in total. The number of aliphatic hydroxyl groups excluding tert-OH is 1. The molecular weight excluding hydrogens is 412 g/mol. The minimum Gasteiger partial charge on any atom is -0.508 e. The highest BCUT2D eigenvalue weighted by molar-refractivity contribution is 5.70. The highest BCUT2D eigenvalue weighted by Crippen LogP contribution is 2.23. The van der Waals surface area contributed by atoms with Gasteiger partial charge >= 0.3 is 11.7 Å². The van der Waals surface area contributed by atoms with E-state index in [4.69, 9.17) is 0 Å². The average Bonchev–Trinajstić information content (AvgIpc) is 2.78. The molecule has 0 bridgehead atoms. The van der Waals surface area contributed by atoms with Gasteiger partial charge in [-0.1, -0.05) is 36.4 Å². The summed E-state index contributed by atoms with van der Waals surface area (Å²) in [6, 6.07) is 15.9. The van der Waals surface area contributed by atoms with Crippen molar-refractivity contribution in [3.05, 3.63) is 87.2 Å². The number of aromatic nitrogens is 2. The van der Waals surface area contributed by atoms with Gasteiger partial charge in [0.05, 0.1) is 12.0 Å².